The minimum atomic E-state index is 0.321. The molecule has 0 unspecified atom stereocenters. The van der Waals surface area contributed by atoms with Crippen LogP contribution in [0.2, 0.25) is 0 Å². The molecule has 2 aromatic rings. The van der Waals surface area contributed by atoms with Gasteiger partial charge in [-0.15, -0.1) is 11.3 Å². The van der Waals surface area contributed by atoms with Gasteiger partial charge in [0.15, 0.2) is 11.5 Å². The first kappa shape index (κ1) is 10.5. The summed E-state index contributed by atoms with van der Waals surface area (Å²) in [6.07, 6.45) is 5.67. The van der Waals surface area contributed by atoms with E-state index in [4.69, 9.17) is 5.26 Å². The third-order valence-corrected chi connectivity index (χ3v) is 2.76. The summed E-state index contributed by atoms with van der Waals surface area (Å²) >= 11 is 1.62. The van der Waals surface area contributed by atoms with Crippen molar-refractivity contribution >= 4 is 17.2 Å². The van der Waals surface area contributed by atoms with Crippen LogP contribution in [0.1, 0.15) is 10.7 Å². The van der Waals surface area contributed by atoms with E-state index in [9.17, 15) is 0 Å². The molecule has 0 saturated carbocycles. The van der Waals surface area contributed by atoms with E-state index in [1.807, 2.05) is 11.4 Å². The summed E-state index contributed by atoms with van der Waals surface area (Å²) in [5.74, 6) is 0.529. The summed E-state index contributed by atoms with van der Waals surface area (Å²) in [4.78, 5) is 12.1. The quantitative estimate of drug-likeness (QED) is 0.862. The first-order chi connectivity index (χ1) is 7.90. The first-order valence-corrected chi connectivity index (χ1v) is 5.61. The summed E-state index contributed by atoms with van der Waals surface area (Å²) in [6, 6.07) is 1.99. The van der Waals surface area contributed by atoms with Crippen LogP contribution in [0.15, 0.2) is 24.0 Å². The van der Waals surface area contributed by atoms with Gasteiger partial charge < -0.3 is 5.32 Å². The molecule has 0 atom stereocenters. The molecule has 0 aromatic carbocycles. The van der Waals surface area contributed by atoms with E-state index in [-0.39, 0.29) is 0 Å². The predicted molar refractivity (Wildman–Crippen MR) is 61.1 cm³/mol. The maximum Gasteiger partial charge on any atom is 0.182 e. The molecule has 0 amide bonds. The number of rotatable bonds is 4. The fraction of sp³-hybridized carbons (Fsp3) is 0.200. The Morgan fingerprint density at radius 2 is 2.12 bits per heavy atom. The van der Waals surface area contributed by atoms with Crippen LogP contribution < -0.4 is 5.32 Å². The molecule has 0 aliphatic heterocycles. The topological polar surface area (TPSA) is 74.5 Å². The molecular formula is C10H9N5S. The number of nitrogens with one attached hydrogen (secondary N) is 1. The lowest BCUT2D eigenvalue weighted by Crippen LogP contribution is -2.08. The predicted octanol–water partition coefficient (Wildman–Crippen LogP) is 1.46. The van der Waals surface area contributed by atoms with Crippen molar-refractivity contribution in [3.05, 3.63) is 34.7 Å². The molecule has 2 rings (SSSR count). The highest BCUT2D eigenvalue weighted by Crippen LogP contribution is 2.08. The number of nitrogens with zero attached hydrogens (tertiary/aromatic N) is 4. The van der Waals surface area contributed by atoms with Crippen LogP contribution in [0, 0.1) is 11.3 Å². The summed E-state index contributed by atoms with van der Waals surface area (Å²) in [7, 11) is 0. The lowest BCUT2D eigenvalue weighted by atomic mass is 10.4. The van der Waals surface area contributed by atoms with Crippen LogP contribution in [-0.4, -0.2) is 21.5 Å². The highest BCUT2D eigenvalue weighted by atomic mass is 32.1. The van der Waals surface area contributed by atoms with E-state index in [0.29, 0.717) is 18.1 Å². The Labute approximate surface area is 96.8 Å². The average molecular weight is 231 g/mol. The van der Waals surface area contributed by atoms with Gasteiger partial charge >= 0.3 is 0 Å². The first-order valence-electron chi connectivity index (χ1n) is 4.73. The van der Waals surface area contributed by atoms with Crippen LogP contribution >= 0.6 is 11.3 Å². The maximum absolute atomic E-state index is 8.80. The Balaban J connectivity index is 1.93. The molecule has 80 valence electrons. The molecule has 0 aliphatic rings. The van der Waals surface area contributed by atoms with Gasteiger partial charge in [-0.1, -0.05) is 0 Å². The zero-order valence-corrected chi connectivity index (χ0v) is 9.24. The number of nitriles is 1. The molecule has 2 heterocycles. The van der Waals surface area contributed by atoms with Gasteiger partial charge in [0.05, 0.1) is 5.01 Å². The zero-order valence-electron chi connectivity index (χ0n) is 8.42. The zero-order chi connectivity index (χ0) is 11.2. The molecule has 1 N–H and O–H groups in total. The van der Waals surface area contributed by atoms with E-state index in [0.717, 1.165) is 11.4 Å². The Morgan fingerprint density at radius 1 is 1.25 bits per heavy atom. The minimum Gasteiger partial charge on any atom is -0.367 e. The molecular weight excluding hydrogens is 222 g/mol. The second kappa shape index (κ2) is 5.19. The van der Waals surface area contributed by atoms with Crippen molar-refractivity contribution in [2.45, 2.75) is 6.42 Å². The van der Waals surface area contributed by atoms with Crippen LogP contribution in [0.4, 0.5) is 5.82 Å². The number of aromatic nitrogens is 3. The molecule has 2 aromatic heterocycles. The summed E-state index contributed by atoms with van der Waals surface area (Å²) < 4.78 is 0. The normalized spacial score (nSPS) is 9.69. The fourth-order valence-electron chi connectivity index (χ4n) is 1.21. The van der Waals surface area contributed by atoms with Gasteiger partial charge in [-0.3, -0.25) is 0 Å². The molecule has 0 spiro atoms. The van der Waals surface area contributed by atoms with Gasteiger partial charge in [0, 0.05) is 36.9 Å². The molecule has 0 aliphatic carbocycles. The number of anilines is 1. The summed E-state index contributed by atoms with van der Waals surface area (Å²) in [6.45, 7) is 0.695. The molecule has 0 bridgehead atoms. The van der Waals surface area contributed by atoms with E-state index >= 15 is 0 Å². The van der Waals surface area contributed by atoms with Crippen LogP contribution in [0.5, 0.6) is 0 Å². The van der Waals surface area contributed by atoms with Crippen molar-refractivity contribution in [1.82, 2.24) is 15.0 Å². The van der Waals surface area contributed by atoms with Crippen molar-refractivity contribution in [3.63, 3.8) is 0 Å². The largest absolute Gasteiger partial charge is 0.367 e. The van der Waals surface area contributed by atoms with Crippen molar-refractivity contribution < 1.29 is 0 Å². The molecule has 0 fully saturated rings. The Kier molecular flexibility index (Phi) is 3.41. The highest BCUT2D eigenvalue weighted by Gasteiger charge is 2.03. The fourth-order valence-corrected chi connectivity index (χ4v) is 1.83. The number of hydrogen-bond donors (Lipinski definition) is 1. The van der Waals surface area contributed by atoms with Crippen molar-refractivity contribution in [1.29, 1.82) is 5.26 Å². The van der Waals surface area contributed by atoms with Crippen LogP contribution in [0.25, 0.3) is 0 Å². The Bertz CT molecular complexity index is 488. The van der Waals surface area contributed by atoms with Gasteiger partial charge in [-0.2, -0.15) is 5.26 Å². The smallest absolute Gasteiger partial charge is 0.182 e. The molecule has 16 heavy (non-hydrogen) atoms. The maximum atomic E-state index is 8.80. The monoisotopic (exact) mass is 231 g/mol. The van der Waals surface area contributed by atoms with Crippen molar-refractivity contribution in [3.8, 4) is 6.07 Å². The van der Waals surface area contributed by atoms with Crippen LogP contribution in [-0.2, 0) is 6.42 Å². The Hall–Kier alpha value is -2.00. The summed E-state index contributed by atoms with van der Waals surface area (Å²) in [5.41, 5.74) is 0.321. The number of hydrogen-bond acceptors (Lipinski definition) is 6. The lowest BCUT2D eigenvalue weighted by molar-refractivity contribution is 0.979. The molecule has 5 nitrogen and oxygen atoms in total. The molecule has 0 saturated heterocycles. The highest BCUT2D eigenvalue weighted by molar-refractivity contribution is 7.09. The van der Waals surface area contributed by atoms with Gasteiger partial charge in [0.25, 0.3) is 0 Å². The SMILES string of the molecule is N#Cc1nccnc1NCCc1nccs1. The van der Waals surface area contributed by atoms with Gasteiger partial charge in [-0.05, 0) is 0 Å². The van der Waals surface area contributed by atoms with Gasteiger partial charge in [0.1, 0.15) is 6.07 Å². The average Bonchev–Trinajstić information content (AvgIpc) is 2.83. The Morgan fingerprint density at radius 3 is 2.88 bits per heavy atom. The molecule has 0 radical (unpaired) electrons. The molecule has 6 heteroatoms. The van der Waals surface area contributed by atoms with Crippen molar-refractivity contribution in [2.24, 2.45) is 0 Å². The third kappa shape index (κ3) is 2.52. The summed E-state index contributed by atoms with van der Waals surface area (Å²) in [5, 5.41) is 14.9. The second-order valence-electron chi connectivity index (χ2n) is 2.97. The van der Waals surface area contributed by atoms with E-state index in [1.54, 1.807) is 23.7 Å². The lowest BCUT2D eigenvalue weighted by Gasteiger charge is -2.04. The van der Waals surface area contributed by atoms with Gasteiger partial charge in [0.2, 0.25) is 0 Å². The van der Waals surface area contributed by atoms with Crippen LogP contribution in [0.3, 0.4) is 0 Å². The van der Waals surface area contributed by atoms with Gasteiger partial charge in [-0.25, -0.2) is 15.0 Å². The second-order valence-corrected chi connectivity index (χ2v) is 3.95. The number of thiazole rings is 1. The minimum absolute atomic E-state index is 0.321. The van der Waals surface area contributed by atoms with E-state index in [1.165, 1.54) is 6.20 Å². The third-order valence-electron chi connectivity index (χ3n) is 1.92. The van der Waals surface area contributed by atoms with E-state index in [2.05, 4.69) is 20.3 Å². The van der Waals surface area contributed by atoms with Crippen molar-refractivity contribution in [2.75, 3.05) is 11.9 Å². The standard InChI is InChI=1S/C10H9N5S/c11-7-8-10(15-4-3-12-8)14-2-1-9-13-5-6-16-9/h3-6H,1-2H2,(H,14,15). The van der Waals surface area contributed by atoms with E-state index < -0.39 is 0 Å².